The Balaban J connectivity index is 2.26. The van der Waals surface area contributed by atoms with Gasteiger partial charge in [-0.3, -0.25) is 4.79 Å². The van der Waals surface area contributed by atoms with Gasteiger partial charge in [0, 0.05) is 25.0 Å². The standard InChI is InChI=1S/C14H27N3O2/c1-4-5-10(2)13(18)16-11-6-8-12(9-7-11)17-14(19)15-3/h10-12H,4-9H2,1-3H3,(H,16,18)(H2,15,17,19)/t10?,11-,12-. The average Bonchev–Trinajstić information content (AvgIpc) is 2.41. The molecular weight excluding hydrogens is 242 g/mol. The van der Waals surface area contributed by atoms with E-state index in [1.165, 1.54) is 0 Å². The van der Waals surface area contributed by atoms with E-state index in [9.17, 15) is 9.59 Å². The van der Waals surface area contributed by atoms with Crippen LogP contribution < -0.4 is 16.0 Å². The van der Waals surface area contributed by atoms with E-state index in [2.05, 4.69) is 22.9 Å². The van der Waals surface area contributed by atoms with E-state index < -0.39 is 0 Å². The Morgan fingerprint density at radius 2 is 1.63 bits per heavy atom. The molecule has 5 nitrogen and oxygen atoms in total. The van der Waals surface area contributed by atoms with Crippen LogP contribution in [0.4, 0.5) is 4.79 Å². The van der Waals surface area contributed by atoms with Gasteiger partial charge in [-0.2, -0.15) is 0 Å². The van der Waals surface area contributed by atoms with Gasteiger partial charge in [0.15, 0.2) is 0 Å². The van der Waals surface area contributed by atoms with Gasteiger partial charge in [-0.1, -0.05) is 20.3 Å². The second-order valence-corrected chi connectivity index (χ2v) is 5.47. The molecule has 0 aromatic carbocycles. The van der Waals surface area contributed by atoms with Crippen LogP contribution in [0.25, 0.3) is 0 Å². The minimum Gasteiger partial charge on any atom is -0.353 e. The van der Waals surface area contributed by atoms with E-state index in [0.717, 1.165) is 38.5 Å². The molecular formula is C14H27N3O2. The smallest absolute Gasteiger partial charge is 0.314 e. The molecule has 0 aliphatic heterocycles. The number of carbonyl (C=O) groups excluding carboxylic acids is 2. The largest absolute Gasteiger partial charge is 0.353 e. The first kappa shape index (κ1) is 15.8. The molecule has 1 saturated carbocycles. The summed E-state index contributed by atoms with van der Waals surface area (Å²) in [5.74, 6) is 0.274. The Kier molecular flexibility index (Phi) is 6.67. The van der Waals surface area contributed by atoms with Crippen LogP contribution in [0.5, 0.6) is 0 Å². The molecule has 1 rings (SSSR count). The fraction of sp³-hybridized carbons (Fsp3) is 0.857. The van der Waals surface area contributed by atoms with Crippen LogP contribution >= 0.6 is 0 Å². The van der Waals surface area contributed by atoms with Crippen molar-refractivity contribution in [1.82, 2.24) is 16.0 Å². The molecule has 110 valence electrons. The second-order valence-electron chi connectivity index (χ2n) is 5.47. The summed E-state index contributed by atoms with van der Waals surface area (Å²) >= 11 is 0. The summed E-state index contributed by atoms with van der Waals surface area (Å²) in [7, 11) is 1.62. The van der Waals surface area contributed by atoms with Crippen molar-refractivity contribution >= 4 is 11.9 Å². The maximum Gasteiger partial charge on any atom is 0.314 e. The zero-order valence-corrected chi connectivity index (χ0v) is 12.3. The molecule has 0 saturated heterocycles. The predicted molar refractivity (Wildman–Crippen MR) is 75.9 cm³/mol. The fourth-order valence-electron chi connectivity index (χ4n) is 2.55. The normalized spacial score (nSPS) is 24.4. The minimum absolute atomic E-state index is 0.103. The van der Waals surface area contributed by atoms with E-state index in [0.29, 0.717) is 0 Å². The number of rotatable bonds is 5. The summed E-state index contributed by atoms with van der Waals surface area (Å²) in [6.45, 7) is 4.08. The zero-order chi connectivity index (χ0) is 14.3. The monoisotopic (exact) mass is 269 g/mol. The Labute approximate surface area is 115 Å². The number of hydrogen-bond acceptors (Lipinski definition) is 2. The Hall–Kier alpha value is -1.26. The van der Waals surface area contributed by atoms with Crippen LogP contribution in [0.2, 0.25) is 0 Å². The van der Waals surface area contributed by atoms with Crippen LogP contribution in [0.3, 0.4) is 0 Å². The van der Waals surface area contributed by atoms with Gasteiger partial charge in [-0.05, 0) is 32.1 Å². The van der Waals surface area contributed by atoms with Gasteiger partial charge in [0.1, 0.15) is 0 Å². The molecule has 1 unspecified atom stereocenters. The highest BCUT2D eigenvalue weighted by Gasteiger charge is 2.24. The lowest BCUT2D eigenvalue weighted by atomic mass is 9.90. The van der Waals surface area contributed by atoms with Gasteiger partial charge in [0.2, 0.25) is 5.91 Å². The molecule has 1 aliphatic rings. The molecule has 5 heteroatoms. The zero-order valence-electron chi connectivity index (χ0n) is 12.3. The van der Waals surface area contributed by atoms with Crippen LogP contribution in [0.15, 0.2) is 0 Å². The number of hydrogen-bond donors (Lipinski definition) is 3. The summed E-state index contributed by atoms with van der Waals surface area (Å²) in [6, 6.07) is 0.389. The van der Waals surface area contributed by atoms with Crippen LogP contribution in [-0.2, 0) is 4.79 Å². The predicted octanol–water partition coefficient (Wildman–Crippen LogP) is 1.78. The summed E-state index contributed by atoms with van der Waals surface area (Å²) in [5.41, 5.74) is 0. The lowest BCUT2D eigenvalue weighted by molar-refractivity contribution is -0.125. The summed E-state index contributed by atoms with van der Waals surface area (Å²) in [4.78, 5) is 23.1. The second kappa shape index (κ2) is 8.02. The van der Waals surface area contributed by atoms with Crippen molar-refractivity contribution in [3.05, 3.63) is 0 Å². The number of amides is 3. The van der Waals surface area contributed by atoms with Gasteiger partial charge in [-0.25, -0.2) is 4.79 Å². The van der Waals surface area contributed by atoms with Crippen molar-refractivity contribution in [2.24, 2.45) is 5.92 Å². The molecule has 19 heavy (non-hydrogen) atoms. The first-order chi connectivity index (χ1) is 9.06. The van der Waals surface area contributed by atoms with E-state index in [1.807, 2.05) is 6.92 Å². The van der Waals surface area contributed by atoms with Crippen molar-refractivity contribution in [1.29, 1.82) is 0 Å². The van der Waals surface area contributed by atoms with Crippen LogP contribution in [0, 0.1) is 5.92 Å². The molecule has 1 aliphatic carbocycles. The van der Waals surface area contributed by atoms with Crippen molar-refractivity contribution < 1.29 is 9.59 Å². The first-order valence-corrected chi connectivity index (χ1v) is 7.35. The van der Waals surface area contributed by atoms with Gasteiger partial charge in [0.05, 0.1) is 0 Å². The highest BCUT2D eigenvalue weighted by atomic mass is 16.2. The SMILES string of the molecule is CCCC(C)C(=O)N[C@H]1CC[C@H](NC(=O)NC)CC1. The molecule has 3 amide bonds. The third-order valence-corrected chi connectivity index (χ3v) is 3.81. The Morgan fingerprint density at radius 1 is 1.11 bits per heavy atom. The Morgan fingerprint density at radius 3 is 2.11 bits per heavy atom. The highest BCUT2D eigenvalue weighted by Crippen LogP contribution is 2.19. The van der Waals surface area contributed by atoms with Crippen LogP contribution in [-0.4, -0.2) is 31.1 Å². The fourth-order valence-corrected chi connectivity index (χ4v) is 2.55. The quantitative estimate of drug-likeness (QED) is 0.712. The van der Waals surface area contributed by atoms with Gasteiger partial charge in [0.25, 0.3) is 0 Å². The van der Waals surface area contributed by atoms with E-state index in [-0.39, 0.29) is 29.9 Å². The maximum absolute atomic E-state index is 11.9. The van der Waals surface area contributed by atoms with Crippen molar-refractivity contribution in [3.63, 3.8) is 0 Å². The van der Waals surface area contributed by atoms with E-state index in [1.54, 1.807) is 7.05 Å². The van der Waals surface area contributed by atoms with Gasteiger partial charge >= 0.3 is 6.03 Å². The summed E-state index contributed by atoms with van der Waals surface area (Å²) < 4.78 is 0. The lowest BCUT2D eigenvalue weighted by Gasteiger charge is -2.30. The van der Waals surface area contributed by atoms with Gasteiger partial charge in [-0.15, -0.1) is 0 Å². The molecule has 0 bridgehead atoms. The molecule has 0 radical (unpaired) electrons. The number of carbonyl (C=O) groups is 2. The lowest BCUT2D eigenvalue weighted by Crippen LogP contribution is -2.46. The third kappa shape index (κ3) is 5.49. The van der Waals surface area contributed by atoms with E-state index in [4.69, 9.17) is 0 Å². The average molecular weight is 269 g/mol. The molecule has 3 N–H and O–H groups in total. The minimum atomic E-state index is -0.121. The first-order valence-electron chi connectivity index (χ1n) is 7.35. The maximum atomic E-state index is 11.9. The molecule has 0 spiro atoms. The van der Waals surface area contributed by atoms with Crippen molar-refractivity contribution in [2.75, 3.05) is 7.05 Å². The van der Waals surface area contributed by atoms with Crippen molar-refractivity contribution in [3.8, 4) is 0 Å². The topological polar surface area (TPSA) is 70.2 Å². The van der Waals surface area contributed by atoms with E-state index >= 15 is 0 Å². The van der Waals surface area contributed by atoms with Crippen molar-refractivity contribution in [2.45, 2.75) is 64.5 Å². The molecule has 0 aromatic rings. The van der Waals surface area contributed by atoms with Gasteiger partial charge < -0.3 is 16.0 Å². The third-order valence-electron chi connectivity index (χ3n) is 3.81. The Bertz CT molecular complexity index is 299. The molecule has 1 atom stereocenters. The summed E-state index contributed by atoms with van der Waals surface area (Å²) in [5, 5.41) is 8.61. The van der Waals surface area contributed by atoms with Crippen LogP contribution in [0.1, 0.15) is 52.4 Å². The summed E-state index contributed by atoms with van der Waals surface area (Å²) in [6.07, 6.45) is 5.73. The number of urea groups is 1. The molecule has 0 heterocycles. The molecule has 0 aromatic heterocycles. The number of nitrogens with one attached hydrogen (secondary N) is 3. The highest BCUT2D eigenvalue weighted by molar-refractivity contribution is 5.78. The molecule has 1 fully saturated rings.